The lowest BCUT2D eigenvalue weighted by Gasteiger charge is -2.29. The highest BCUT2D eigenvalue weighted by Gasteiger charge is 2.44. The van der Waals surface area contributed by atoms with Crippen molar-refractivity contribution in [3.8, 4) is 0 Å². The van der Waals surface area contributed by atoms with E-state index >= 15 is 0 Å². The Bertz CT molecular complexity index is 1150. The molecule has 2 heterocycles. The first-order valence-electron chi connectivity index (χ1n) is 14.0. The van der Waals surface area contributed by atoms with E-state index in [2.05, 4.69) is 106 Å². The molecule has 0 fully saturated rings. The molecule has 0 saturated heterocycles. The smallest absolute Gasteiger partial charge is 0.209 e. The van der Waals surface area contributed by atoms with E-state index in [1.807, 2.05) is 0 Å². The van der Waals surface area contributed by atoms with E-state index in [0.717, 1.165) is 38.8 Å². The number of hydrogen-bond acceptors (Lipinski definition) is 3. The van der Waals surface area contributed by atoms with Gasteiger partial charge in [0.25, 0.3) is 0 Å². The van der Waals surface area contributed by atoms with Crippen LogP contribution in [0.25, 0.3) is 0 Å². The van der Waals surface area contributed by atoms with Crippen molar-refractivity contribution >= 4 is 11.4 Å². The highest BCUT2D eigenvalue weighted by Crippen LogP contribution is 2.50. The van der Waals surface area contributed by atoms with Crippen molar-refractivity contribution in [3.05, 3.63) is 77.2 Å². The minimum Gasteiger partial charge on any atom is -0.382 e. The number of fused-ring (bicyclic) bond motifs is 1. The van der Waals surface area contributed by atoms with Crippen LogP contribution in [-0.4, -0.2) is 54.7 Å². The van der Waals surface area contributed by atoms with Crippen LogP contribution in [0.3, 0.4) is 0 Å². The average Bonchev–Trinajstić information content (AvgIpc) is 3.24. The molecule has 0 radical (unpaired) electrons. The van der Waals surface area contributed by atoms with Gasteiger partial charge in [-0.15, -0.1) is 0 Å². The van der Waals surface area contributed by atoms with Crippen LogP contribution in [0.15, 0.2) is 71.6 Å². The summed E-state index contributed by atoms with van der Waals surface area (Å²) in [4.78, 5) is 2.54. The second kappa shape index (κ2) is 11.1. The van der Waals surface area contributed by atoms with Gasteiger partial charge in [-0.25, -0.2) is 0 Å². The molecule has 0 amide bonds. The molecule has 1 aromatic rings. The van der Waals surface area contributed by atoms with Gasteiger partial charge in [0.1, 0.15) is 0 Å². The number of benzene rings is 1. The fourth-order valence-corrected chi connectivity index (χ4v) is 6.17. The Labute approximate surface area is 225 Å². The molecule has 1 aliphatic carbocycles. The predicted molar refractivity (Wildman–Crippen MR) is 155 cm³/mol. The van der Waals surface area contributed by atoms with Crippen LogP contribution >= 0.6 is 0 Å². The summed E-state index contributed by atoms with van der Waals surface area (Å²) in [5.74, 6) is 0. The lowest BCUT2D eigenvalue weighted by molar-refractivity contribution is -0.440. The van der Waals surface area contributed by atoms with E-state index in [-0.39, 0.29) is 23.0 Å². The third-order valence-corrected chi connectivity index (χ3v) is 8.75. The predicted octanol–water partition coefficient (Wildman–Crippen LogP) is 7.30. The van der Waals surface area contributed by atoms with E-state index in [1.54, 1.807) is 19.8 Å². The van der Waals surface area contributed by atoms with Crippen molar-refractivity contribution in [2.24, 2.45) is 5.41 Å². The van der Waals surface area contributed by atoms with E-state index in [1.165, 1.54) is 28.4 Å². The topological polar surface area (TPSA) is 24.7 Å². The molecule has 0 N–H and O–H groups in total. The summed E-state index contributed by atoms with van der Waals surface area (Å²) < 4.78 is 13.7. The molecule has 0 bridgehead atoms. The van der Waals surface area contributed by atoms with Crippen molar-refractivity contribution in [3.63, 3.8) is 0 Å². The van der Waals surface area contributed by atoms with Crippen molar-refractivity contribution in [2.45, 2.75) is 84.8 Å². The minimum absolute atomic E-state index is 0.0210. The number of para-hydroxylation sites is 1. The van der Waals surface area contributed by atoms with Gasteiger partial charge in [-0.2, -0.15) is 4.58 Å². The van der Waals surface area contributed by atoms with Gasteiger partial charge in [0, 0.05) is 61.7 Å². The van der Waals surface area contributed by atoms with E-state index < -0.39 is 0 Å². The maximum atomic E-state index is 5.58. The van der Waals surface area contributed by atoms with Gasteiger partial charge in [0.05, 0.1) is 17.6 Å². The first-order chi connectivity index (χ1) is 17.6. The second-order valence-electron chi connectivity index (χ2n) is 11.8. The Hall–Kier alpha value is -2.43. The van der Waals surface area contributed by atoms with Gasteiger partial charge in [0.15, 0.2) is 12.3 Å². The number of hydrogen-bond donors (Lipinski definition) is 0. The van der Waals surface area contributed by atoms with Crippen LogP contribution in [-0.2, 0) is 14.9 Å². The van der Waals surface area contributed by atoms with E-state index in [4.69, 9.17) is 9.47 Å². The summed E-state index contributed by atoms with van der Waals surface area (Å²) in [7, 11) is 3.61. The summed E-state index contributed by atoms with van der Waals surface area (Å²) in [5, 5.41) is 0. The van der Waals surface area contributed by atoms with Gasteiger partial charge in [-0.1, -0.05) is 44.2 Å². The zero-order valence-electron chi connectivity index (χ0n) is 24.3. The lowest BCUT2D eigenvalue weighted by atomic mass is 9.79. The fourth-order valence-electron chi connectivity index (χ4n) is 6.17. The van der Waals surface area contributed by atoms with Crippen LogP contribution in [0.5, 0.6) is 0 Å². The Morgan fingerprint density at radius 3 is 2.43 bits per heavy atom. The zero-order chi connectivity index (χ0) is 26.8. The number of rotatable bonds is 10. The highest BCUT2D eigenvalue weighted by molar-refractivity contribution is 6.03. The molecule has 1 aromatic carbocycles. The van der Waals surface area contributed by atoms with Crippen LogP contribution in [0.2, 0.25) is 0 Å². The number of nitrogens with zero attached hydrogens (tertiary/aromatic N) is 2. The molecule has 4 nitrogen and oxygen atoms in total. The fraction of sp³-hybridized carbons (Fsp3) is 0.545. The molecule has 0 spiro atoms. The molecule has 0 aromatic heterocycles. The molecule has 2 aliphatic heterocycles. The highest BCUT2D eigenvalue weighted by atomic mass is 16.5. The molecule has 200 valence electrons. The van der Waals surface area contributed by atoms with Gasteiger partial charge < -0.3 is 14.4 Å². The third kappa shape index (κ3) is 5.28. The second-order valence-corrected chi connectivity index (χ2v) is 11.8. The molecule has 37 heavy (non-hydrogen) atoms. The van der Waals surface area contributed by atoms with Gasteiger partial charge in [-0.3, -0.25) is 0 Å². The molecule has 2 unspecified atom stereocenters. The summed E-state index contributed by atoms with van der Waals surface area (Å²) in [6, 6.07) is 8.86. The Balaban J connectivity index is 1.70. The third-order valence-electron chi connectivity index (χ3n) is 8.75. The van der Waals surface area contributed by atoms with Crippen molar-refractivity contribution in [2.75, 3.05) is 27.3 Å². The number of methoxy groups -OCH3 is 2. The van der Waals surface area contributed by atoms with Crippen LogP contribution in [0, 0.1) is 5.41 Å². The normalized spacial score (nSPS) is 22.8. The van der Waals surface area contributed by atoms with Crippen molar-refractivity contribution < 1.29 is 14.0 Å². The largest absolute Gasteiger partial charge is 0.382 e. The maximum absolute atomic E-state index is 5.58. The molecule has 4 heteroatoms. The minimum atomic E-state index is -0.0546. The number of ether oxygens (including phenoxy) is 2. The zero-order valence-corrected chi connectivity index (χ0v) is 24.3. The van der Waals surface area contributed by atoms with Crippen LogP contribution in [0.4, 0.5) is 5.69 Å². The Morgan fingerprint density at radius 1 is 1.00 bits per heavy atom. The van der Waals surface area contributed by atoms with Gasteiger partial charge >= 0.3 is 0 Å². The number of allylic oxidation sites excluding steroid dienone is 6. The van der Waals surface area contributed by atoms with Crippen molar-refractivity contribution in [1.29, 1.82) is 0 Å². The average molecular weight is 504 g/mol. The standard InChI is InChI=1S/C33H47N2O2/c1-24(36-7)20-22-34-28-16-11-9-14-26(28)32(3,4)30(34)18-13-19-31-33(5,6)27-15-10-12-17-29(27)35(31)23-21-25(2)37-8/h9,11-14,16-19,24-25H,10,15,20-23H2,1-8H3/q+1. The summed E-state index contributed by atoms with van der Waals surface area (Å²) in [6.07, 6.45) is 16.4. The first-order valence-corrected chi connectivity index (χ1v) is 14.0. The SMILES string of the molecule is COC(C)CCN1C2=C(CCC=C2)C(C)(C)/C1=C\C=C\C1=[N+](CCC(C)OC)c2ccccc2C1(C)C. The monoisotopic (exact) mass is 503 g/mol. The van der Waals surface area contributed by atoms with E-state index in [0.29, 0.717) is 0 Å². The quantitative estimate of drug-likeness (QED) is 0.313. The maximum Gasteiger partial charge on any atom is 0.209 e. The molecule has 4 rings (SSSR count). The van der Waals surface area contributed by atoms with Gasteiger partial charge in [0.2, 0.25) is 5.69 Å². The Morgan fingerprint density at radius 2 is 1.70 bits per heavy atom. The molecule has 0 saturated carbocycles. The summed E-state index contributed by atoms with van der Waals surface area (Å²) in [6.45, 7) is 15.7. The molecular weight excluding hydrogens is 456 g/mol. The van der Waals surface area contributed by atoms with Crippen molar-refractivity contribution in [1.82, 2.24) is 4.90 Å². The summed E-state index contributed by atoms with van der Waals surface area (Å²) in [5.41, 5.74) is 8.38. The lowest BCUT2D eigenvalue weighted by Crippen LogP contribution is -2.28. The molecule has 3 aliphatic rings. The molecular formula is C33H47N2O2+. The van der Waals surface area contributed by atoms with Crippen LogP contribution < -0.4 is 0 Å². The Kier molecular flexibility index (Phi) is 8.30. The summed E-state index contributed by atoms with van der Waals surface area (Å²) >= 11 is 0. The first kappa shape index (κ1) is 27.6. The van der Waals surface area contributed by atoms with E-state index in [9.17, 15) is 0 Å². The molecule has 2 atom stereocenters. The van der Waals surface area contributed by atoms with Gasteiger partial charge in [-0.05, 0) is 64.7 Å². The van der Waals surface area contributed by atoms with Crippen LogP contribution in [0.1, 0.15) is 72.8 Å².